The Morgan fingerprint density at radius 2 is 1.94 bits per heavy atom. The van der Waals surface area contributed by atoms with Gasteiger partial charge < -0.3 is 15.2 Å². The van der Waals surface area contributed by atoms with Gasteiger partial charge in [-0.2, -0.15) is 0 Å². The second-order valence-corrected chi connectivity index (χ2v) is 9.35. The number of aryl methyl sites for hydroxylation is 3. The third-order valence-corrected chi connectivity index (χ3v) is 6.73. The number of hydrogen-bond donors (Lipinski definition) is 2. The van der Waals surface area contributed by atoms with Crippen molar-refractivity contribution in [2.24, 2.45) is 5.92 Å². The summed E-state index contributed by atoms with van der Waals surface area (Å²) in [6.07, 6.45) is 3.44. The molecule has 0 saturated heterocycles. The number of rotatable bonds is 7. The van der Waals surface area contributed by atoms with E-state index in [1.165, 1.54) is 6.26 Å². The lowest BCUT2D eigenvalue weighted by Crippen LogP contribution is -2.51. The molecule has 9 heteroatoms. The van der Waals surface area contributed by atoms with E-state index in [-0.39, 0.29) is 18.4 Å². The molecule has 0 spiro atoms. The molecule has 3 aromatic rings. The third kappa shape index (κ3) is 5.61. The second-order valence-electron chi connectivity index (χ2n) is 9.35. The van der Waals surface area contributed by atoms with Gasteiger partial charge in [0.2, 0.25) is 11.8 Å². The van der Waals surface area contributed by atoms with Crippen molar-refractivity contribution >= 4 is 17.5 Å². The number of carbonyl (C=O) groups excluding carboxylic acids is 2. The van der Waals surface area contributed by atoms with Crippen molar-refractivity contribution < 1.29 is 22.9 Å². The van der Waals surface area contributed by atoms with Crippen LogP contribution in [0.5, 0.6) is 0 Å². The van der Waals surface area contributed by atoms with Gasteiger partial charge in [-0.15, -0.1) is 0 Å². The van der Waals surface area contributed by atoms with E-state index in [9.17, 15) is 18.4 Å². The second kappa shape index (κ2) is 10.6. The lowest BCUT2D eigenvalue weighted by atomic mass is 9.81. The summed E-state index contributed by atoms with van der Waals surface area (Å²) in [4.78, 5) is 30.6. The van der Waals surface area contributed by atoms with Crippen LogP contribution in [0.15, 0.2) is 47.3 Å². The van der Waals surface area contributed by atoms with Gasteiger partial charge in [0.15, 0.2) is 0 Å². The molecule has 1 saturated carbocycles. The fourth-order valence-electron chi connectivity index (χ4n) is 4.88. The van der Waals surface area contributed by atoms with E-state index < -0.39 is 36.1 Å². The molecule has 2 amide bonds. The number of carbonyl (C=O) groups is 2. The number of nitrogens with one attached hydrogen (secondary N) is 2. The van der Waals surface area contributed by atoms with Crippen LogP contribution < -0.4 is 10.6 Å². The van der Waals surface area contributed by atoms with Crippen LogP contribution in [-0.4, -0.2) is 33.9 Å². The maximum atomic E-state index is 14.2. The van der Waals surface area contributed by atoms with Gasteiger partial charge in [-0.05, 0) is 68.4 Å². The van der Waals surface area contributed by atoms with Crippen LogP contribution in [0, 0.1) is 19.8 Å². The minimum absolute atomic E-state index is 0.199. The van der Waals surface area contributed by atoms with E-state index in [1.54, 1.807) is 18.3 Å². The van der Waals surface area contributed by atoms with Crippen LogP contribution in [-0.2, 0) is 11.2 Å². The molecule has 7 nitrogen and oxygen atoms in total. The van der Waals surface area contributed by atoms with E-state index in [2.05, 4.69) is 20.8 Å². The van der Waals surface area contributed by atoms with Gasteiger partial charge in [-0.1, -0.05) is 24.2 Å². The van der Waals surface area contributed by atoms with Crippen molar-refractivity contribution in [1.82, 2.24) is 15.5 Å². The number of halogens is 2. The van der Waals surface area contributed by atoms with Crippen LogP contribution in [0.2, 0.25) is 0 Å². The Labute approximate surface area is 208 Å². The first-order valence-corrected chi connectivity index (χ1v) is 12.1. The number of hydrogen-bond acceptors (Lipinski definition) is 5. The van der Waals surface area contributed by atoms with Crippen molar-refractivity contribution in [1.29, 1.82) is 0 Å². The zero-order chi connectivity index (χ0) is 25.9. The summed E-state index contributed by atoms with van der Waals surface area (Å²) in [7, 11) is 0. The fraction of sp³-hybridized carbons (Fsp3) is 0.407. The molecular weight excluding hydrogens is 466 g/mol. The van der Waals surface area contributed by atoms with Gasteiger partial charge in [0.1, 0.15) is 17.9 Å². The van der Waals surface area contributed by atoms with Crippen LogP contribution in [0.3, 0.4) is 0 Å². The molecule has 36 heavy (non-hydrogen) atoms. The average Bonchev–Trinajstić information content (AvgIpc) is 3.32. The smallest absolute Gasteiger partial charge is 0.257 e. The first kappa shape index (κ1) is 25.5. The Balaban J connectivity index is 1.55. The first-order chi connectivity index (χ1) is 17.2. The summed E-state index contributed by atoms with van der Waals surface area (Å²) in [6, 6.07) is 8.06. The molecule has 2 aromatic heterocycles. The minimum atomic E-state index is -2.88. The van der Waals surface area contributed by atoms with Crippen molar-refractivity contribution in [3.05, 3.63) is 65.3 Å². The van der Waals surface area contributed by atoms with Crippen molar-refractivity contribution in [2.75, 3.05) is 5.32 Å². The minimum Gasteiger partial charge on any atom is -0.364 e. The number of amides is 2. The number of alkyl halides is 2. The molecule has 1 fully saturated rings. The SMILES string of the molecule is CCc1nocc1C(=O)N[C@H](C(=O)Nc1ccc(-c2c(C)ccnc2C)cc1)[C@H]1CCCC(F)(F)C1. The van der Waals surface area contributed by atoms with Crippen LogP contribution in [0.25, 0.3) is 11.1 Å². The zero-order valence-electron chi connectivity index (χ0n) is 20.6. The molecule has 2 atom stereocenters. The van der Waals surface area contributed by atoms with Crippen molar-refractivity contribution in [2.45, 2.75) is 64.8 Å². The Hall–Kier alpha value is -3.62. The summed E-state index contributed by atoms with van der Waals surface area (Å²) >= 11 is 0. The van der Waals surface area contributed by atoms with Gasteiger partial charge >= 0.3 is 0 Å². The van der Waals surface area contributed by atoms with Crippen LogP contribution >= 0.6 is 0 Å². The predicted octanol–water partition coefficient (Wildman–Crippen LogP) is 5.48. The van der Waals surface area contributed by atoms with E-state index in [1.807, 2.05) is 39.0 Å². The zero-order valence-corrected chi connectivity index (χ0v) is 20.6. The number of pyridine rings is 1. The third-order valence-electron chi connectivity index (χ3n) is 6.73. The maximum absolute atomic E-state index is 14.2. The Morgan fingerprint density at radius 3 is 2.61 bits per heavy atom. The normalized spacial score (nSPS) is 17.9. The summed E-state index contributed by atoms with van der Waals surface area (Å²) < 4.78 is 33.4. The van der Waals surface area contributed by atoms with Gasteiger partial charge in [-0.25, -0.2) is 8.78 Å². The molecule has 4 rings (SSSR count). The fourth-order valence-corrected chi connectivity index (χ4v) is 4.88. The van der Waals surface area contributed by atoms with Crippen molar-refractivity contribution in [3.63, 3.8) is 0 Å². The summed E-state index contributed by atoms with van der Waals surface area (Å²) in [5.41, 5.74) is 5.09. The highest BCUT2D eigenvalue weighted by Crippen LogP contribution is 2.38. The molecule has 2 heterocycles. The molecule has 0 aliphatic heterocycles. The summed E-state index contributed by atoms with van der Waals surface area (Å²) in [5, 5.41) is 9.28. The lowest BCUT2D eigenvalue weighted by molar-refractivity contribution is -0.121. The van der Waals surface area contributed by atoms with E-state index in [4.69, 9.17) is 4.52 Å². The topological polar surface area (TPSA) is 97.1 Å². The Bertz CT molecular complexity index is 1220. The standard InChI is InChI=1S/C27H30F2N4O3/c1-4-22-21(15-36-33-22)25(34)32-24(19-6-5-12-27(28,29)14-19)26(35)31-20-9-7-18(8-10-20)23-16(2)11-13-30-17(23)3/h7-11,13,15,19,24H,4-6,12,14H2,1-3H3,(H,31,35)(H,32,34)/t19-,24-/m0/s1. The maximum Gasteiger partial charge on any atom is 0.257 e. The summed E-state index contributed by atoms with van der Waals surface area (Å²) in [5.74, 6) is -4.69. The monoisotopic (exact) mass is 496 g/mol. The number of benzene rings is 1. The van der Waals surface area contributed by atoms with Crippen LogP contribution in [0.4, 0.5) is 14.5 Å². The highest BCUT2D eigenvalue weighted by Gasteiger charge is 2.42. The molecular formula is C27H30F2N4O3. The van der Waals surface area contributed by atoms with Gasteiger partial charge in [0, 0.05) is 36.0 Å². The van der Waals surface area contributed by atoms with Crippen molar-refractivity contribution in [3.8, 4) is 11.1 Å². The molecule has 0 bridgehead atoms. The molecule has 1 aliphatic rings. The number of anilines is 1. The number of nitrogens with zero attached hydrogens (tertiary/aromatic N) is 2. The predicted molar refractivity (Wildman–Crippen MR) is 132 cm³/mol. The molecule has 0 radical (unpaired) electrons. The molecule has 1 aromatic carbocycles. The van der Waals surface area contributed by atoms with Gasteiger partial charge in [0.25, 0.3) is 5.91 Å². The molecule has 1 aliphatic carbocycles. The number of aromatic nitrogens is 2. The quantitative estimate of drug-likeness (QED) is 0.452. The Morgan fingerprint density at radius 1 is 1.19 bits per heavy atom. The van der Waals surface area contributed by atoms with E-state index in [0.29, 0.717) is 24.2 Å². The van der Waals surface area contributed by atoms with Gasteiger partial charge in [-0.3, -0.25) is 14.6 Å². The highest BCUT2D eigenvalue weighted by molar-refractivity contribution is 6.01. The van der Waals surface area contributed by atoms with Crippen LogP contribution in [0.1, 0.15) is 59.9 Å². The van der Waals surface area contributed by atoms with E-state index >= 15 is 0 Å². The highest BCUT2D eigenvalue weighted by atomic mass is 19.3. The largest absolute Gasteiger partial charge is 0.364 e. The van der Waals surface area contributed by atoms with Gasteiger partial charge in [0.05, 0.1) is 5.69 Å². The first-order valence-electron chi connectivity index (χ1n) is 12.1. The Kier molecular flexibility index (Phi) is 7.47. The van der Waals surface area contributed by atoms with E-state index in [0.717, 1.165) is 22.4 Å². The lowest BCUT2D eigenvalue weighted by Gasteiger charge is -2.34. The summed E-state index contributed by atoms with van der Waals surface area (Å²) in [6.45, 7) is 5.76. The molecule has 0 unspecified atom stereocenters. The molecule has 190 valence electrons. The molecule has 2 N–H and O–H groups in total. The average molecular weight is 497 g/mol.